The monoisotopic (exact) mass is 236 g/mol. The summed E-state index contributed by atoms with van der Waals surface area (Å²) in [5.74, 6) is 0.613. The molecule has 1 fully saturated rings. The molecule has 1 aliphatic rings. The molecule has 0 unspecified atom stereocenters. The molecule has 1 N–H and O–H groups in total. The van der Waals surface area contributed by atoms with Crippen molar-refractivity contribution in [1.82, 2.24) is 20.2 Å². The molecule has 94 valence electrons. The third-order valence-corrected chi connectivity index (χ3v) is 2.60. The van der Waals surface area contributed by atoms with Gasteiger partial charge >= 0.3 is 0 Å². The van der Waals surface area contributed by atoms with Crippen molar-refractivity contribution in [1.29, 1.82) is 0 Å². The predicted octanol–water partition coefficient (Wildman–Crippen LogP) is 0.669. The summed E-state index contributed by atoms with van der Waals surface area (Å²) in [6, 6.07) is 0.690. The van der Waals surface area contributed by atoms with E-state index in [0.717, 1.165) is 18.8 Å². The van der Waals surface area contributed by atoms with E-state index in [4.69, 9.17) is 4.74 Å². The molecule has 0 spiro atoms. The van der Waals surface area contributed by atoms with Gasteiger partial charge in [0.1, 0.15) is 6.61 Å². The standard InChI is InChI=1S/C12H20N4O/c1-16(2)5-6-17-12-9-13-7-11(15-12)8-14-10-3-4-10/h7,9-10,14H,3-6,8H2,1-2H3. The molecule has 0 aromatic carbocycles. The highest BCUT2D eigenvalue weighted by atomic mass is 16.5. The van der Waals surface area contributed by atoms with Crippen LogP contribution in [-0.2, 0) is 6.54 Å². The van der Waals surface area contributed by atoms with Crippen molar-refractivity contribution in [2.75, 3.05) is 27.2 Å². The number of likely N-dealkylation sites (N-methyl/N-ethyl adjacent to an activating group) is 1. The summed E-state index contributed by atoms with van der Waals surface area (Å²) >= 11 is 0. The SMILES string of the molecule is CN(C)CCOc1cncc(CNC2CC2)n1. The quantitative estimate of drug-likeness (QED) is 0.754. The Kier molecular flexibility index (Phi) is 4.28. The largest absolute Gasteiger partial charge is 0.475 e. The van der Waals surface area contributed by atoms with Crippen LogP contribution in [0.2, 0.25) is 0 Å². The second kappa shape index (κ2) is 5.93. The van der Waals surface area contributed by atoms with Crippen molar-refractivity contribution in [3.63, 3.8) is 0 Å². The Labute approximate surface area is 102 Å². The Bertz CT molecular complexity index is 352. The molecule has 0 saturated heterocycles. The summed E-state index contributed by atoms with van der Waals surface area (Å²) in [5.41, 5.74) is 0.944. The topological polar surface area (TPSA) is 50.3 Å². The van der Waals surface area contributed by atoms with Crippen LogP contribution < -0.4 is 10.1 Å². The van der Waals surface area contributed by atoms with Crippen LogP contribution in [0.3, 0.4) is 0 Å². The lowest BCUT2D eigenvalue weighted by molar-refractivity contribution is 0.252. The number of nitrogens with zero attached hydrogens (tertiary/aromatic N) is 3. The number of aromatic nitrogens is 2. The van der Waals surface area contributed by atoms with Crippen molar-refractivity contribution in [2.24, 2.45) is 0 Å². The molecule has 0 atom stereocenters. The van der Waals surface area contributed by atoms with Crippen LogP contribution in [0.5, 0.6) is 5.88 Å². The van der Waals surface area contributed by atoms with Gasteiger partial charge in [-0.3, -0.25) is 4.98 Å². The number of hydrogen-bond acceptors (Lipinski definition) is 5. The number of hydrogen-bond donors (Lipinski definition) is 1. The lowest BCUT2D eigenvalue weighted by atomic mass is 10.4. The predicted molar refractivity (Wildman–Crippen MR) is 65.9 cm³/mol. The Morgan fingerprint density at radius 1 is 1.41 bits per heavy atom. The van der Waals surface area contributed by atoms with Gasteiger partial charge in [0, 0.05) is 25.3 Å². The molecule has 1 aliphatic carbocycles. The zero-order valence-electron chi connectivity index (χ0n) is 10.5. The van der Waals surface area contributed by atoms with Crippen molar-refractivity contribution >= 4 is 0 Å². The van der Waals surface area contributed by atoms with E-state index in [-0.39, 0.29) is 0 Å². The zero-order chi connectivity index (χ0) is 12.1. The molecule has 0 bridgehead atoms. The summed E-state index contributed by atoms with van der Waals surface area (Å²) in [7, 11) is 4.04. The van der Waals surface area contributed by atoms with Crippen LogP contribution in [-0.4, -0.2) is 48.2 Å². The molecule has 2 rings (SSSR count). The lowest BCUT2D eigenvalue weighted by Crippen LogP contribution is -2.20. The number of rotatable bonds is 7. The molecule has 0 amide bonds. The van der Waals surface area contributed by atoms with Gasteiger partial charge in [0.15, 0.2) is 0 Å². The Hall–Kier alpha value is -1.20. The summed E-state index contributed by atoms with van der Waals surface area (Å²) in [4.78, 5) is 10.6. The Balaban J connectivity index is 1.78. The molecule has 1 aromatic rings. The van der Waals surface area contributed by atoms with Gasteiger partial charge in [-0.1, -0.05) is 0 Å². The molecule has 1 aromatic heterocycles. The Morgan fingerprint density at radius 3 is 2.94 bits per heavy atom. The molecule has 5 heteroatoms. The smallest absolute Gasteiger partial charge is 0.232 e. The first-order valence-corrected chi connectivity index (χ1v) is 6.06. The second-order valence-corrected chi connectivity index (χ2v) is 4.66. The van der Waals surface area contributed by atoms with Crippen LogP contribution in [0.15, 0.2) is 12.4 Å². The van der Waals surface area contributed by atoms with Crippen LogP contribution >= 0.6 is 0 Å². The minimum absolute atomic E-state index is 0.613. The highest BCUT2D eigenvalue weighted by Gasteiger charge is 2.20. The number of nitrogens with one attached hydrogen (secondary N) is 1. The maximum atomic E-state index is 5.54. The third-order valence-electron chi connectivity index (χ3n) is 2.60. The van der Waals surface area contributed by atoms with E-state index in [9.17, 15) is 0 Å². The Morgan fingerprint density at radius 2 is 2.24 bits per heavy atom. The van der Waals surface area contributed by atoms with Crippen LogP contribution in [0, 0.1) is 0 Å². The van der Waals surface area contributed by atoms with E-state index >= 15 is 0 Å². The third kappa shape index (κ3) is 4.66. The fourth-order valence-electron chi connectivity index (χ4n) is 1.41. The molecular weight excluding hydrogens is 216 g/mol. The summed E-state index contributed by atoms with van der Waals surface area (Å²) < 4.78 is 5.54. The van der Waals surface area contributed by atoms with Gasteiger partial charge in [-0.15, -0.1) is 0 Å². The molecule has 0 aliphatic heterocycles. The lowest BCUT2D eigenvalue weighted by Gasteiger charge is -2.10. The fourth-order valence-corrected chi connectivity index (χ4v) is 1.41. The van der Waals surface area contributed by atoms with E-state index < -0.39 is 0 Å². The first-order valence-electron chi connectivity index (χ1n) is 6.06. The highest BCUT2D eigenvalue weighted by Crippen LogP contribution is 2.19. The molecule has 5 nitrogen and oxygen atoms in total. The first-order chi connectivity index (χ1) is 8.24. The van der Waals surface area contributed by atoms with Crippen LogP contribution in [0.1, 0.15) is 18.5 Å². The van der Waals surface area contributed by atoms with E-state index in [2.05, 4.69) is 20.2 Å². The van der Waals surface area contributed by atoms with Crippen LogP contribution in [0.25, 0.3) is 0 Å². The van der Waals surface area contributed by atoms with Gasteiger partial charge in [0.2, 0.25) is 5.88 Å². The van der Waals surface area contributed by atoms with Gasteiger partial charge in [0.05, 0.1) is 11.9 Å². The van der Waals surface area contributed by atoms with Gasteiger partial charge < -0.3 is 15.0 Å². The van der Waals surface area contributed by atoms with Gasteiger partial charge in [-0.05, 0) is 26.9 Å². The molecular formula is C12H20N4O. The minimum atomic E-state index is 0.613. The first kappa shape index (κ1) is 12.3. The van der Waals surface area contributed by atoms with Gasteiger partial charge in [-0.25, -0.2) is 4.98 Å². The zero-order valence-corrected chi connectivity index (χ0v) is 10.5. The molecule has 1 saturated carbocycles. The summed E-state index contributed by atoms with van der Waals surface area (Å²) in [6.07, 6.45) is 6.02. The van der Waals surface area contributed by atoms with Crippen molar-refractivity contribution in [2.45, 2.75) is 25.4 Å². The maximum absolute atomic E-state index is 5.54. The molecule has 17 heavy (non-hydrogen) atoms. The van der Waals surface area contributed by atoms with Gasteiger partial charge in [0.25, 0.3) is 0 Å². The number of ether oxygens (including phenoxy) is 1. The fraction of sp³-hybridized carbons (Fsp3) is 0.667. The van der Waals surface area contributed by atoms with Crippen molar-refractivity contribution < 1.29 is 4.74 Å². The molecule has 0 radical (unpaired) electrons. The van der Waals surface area contributed by atoms with E-state index in [0.29, 0.717) is 18.5 Å². The molecule has 1 heterocycles. The normalized spacial score (nSPS) is 15.2. The second-order valence-electron chi connectivity index (χ2n) is 4.66. The van der Waals surface area contributed by atoms with Crippen molar-refractivity contribution in [3.8, 4) is 5.88 Å². The van der Waals surface area contributed by atoms with Crippen molar-refractivity contribution in [3.05, 3.63) is 18.1 Å². The van der Waals surface area contributed by atoms with E-state index in [1.54, 1.807) is 12.4 Å². The summed E-state index contributed by atoms with van der Waals surface area (Å²) in [5, 5.41) is 3.41. The van der Waals surface area contributed by atoms with Gasteiger partial charge in [-0.2, -0.15) is 0 Å². The average molecular weight is 236 g/mol. The average Bonchev–Trinajstić information content (AvgIpc) is 3.10. The minimum Gasteiger partial charge on any atom is -0.475 e. The van der Waals surface area contributed by atoms with Crippen LogP contribution in [0.4, 0.5) is 0 Å². The van der Waals surface area contributed by atoms with E-state index in [1.807, 2.05) is 14.1 Å². The summed E-state index contributed by atoms with van der Waals surface area (Å²) in [6.45, 7) is 2.30. The van der Waals surface area contributed by atoms with E-state index in [1.165, 1.54) is 12.8 Å². The highest BCUT2D eigenvalue weighted by molar-refractivity contribution is 5.08. The maximum Gasteiger partial charge on any atom is 0.232 e.